The molecule has 1 saturated heterocycles. The zero-order valence-corrected chi connectivity index (χ0v) is 18.1. The van der Waals surface area contributed by atoms with Crippen LogP contribution < -0.4 is 4.72 Å². The van der Waals surface area contributed by atoms with Gasteiger partial charge in [-0.3, -0.25) is 9.52 Å². The molecule has 1 atom stereocenters. The van der Waals surface area contributed by atoms with E-state index >= 15 is 0 Å². The Hall–Kier alpha value is -0.900. The molecule has 0 saturated carbocycles. The summed E-state index contributed by atoms with van der Waals surface area (Å²) in [6, 6.07) is 4.43. The van der Waals surface area contributed by atoms with Crippen molar-refractivity contribution in [2.75, 3.05) is 12.4 Å². The average molecular weight is 449 g/mol. The monoisotopic (exact) mass is 448 g/mol. The van der Waals surface area contributed by atoms with Crippen molar-refractivity contribution in [2.45, 2.75) is 48.7 Å². The van der Waals surface area contributed by atoms with Gasteiger partial charge in [-0.05, 0) is 44.4 Å². The van der Waals surface area contributed by atoms with E-state index in [0.717, 1.165) is 19.3 Å². The summed E-state index contributed by atoms with van der Waals surface area (Å²) in [6.07, 6.45) is 4.35. The molecule has 0 bridgehead atoms. The highest BCUT2D eigenvalue weighted by Crippen LogP contribution is 2.49. The lowest BCUT2D eigenvalue weighted by Gasteiger charge is -2.20. The first kappa shape index (κ1) is 20.8. The Morgan fingerprint density at radius 3 is 2.96 bits per heavy atom. The van der Waals surface area contributed by atoms with E-state index in [2.05, 4.69) is 16.6 Å². The fourth-order valence-electron chi connectivity index (χ4n) is 2.87. The second-order valence-corrected chi connectivity index (χ2v) is 11.8. The molecule has 148 valence electrons. The van der Waals surface area contributed by atoms with Crippen molar-refractivity contribution in [3.63, 3.8) is 0 Å². The molecule has 2 aliphatic rings. The van der Waals surface area contributed by atoms with E-state index in [9.17, 15) is 13.2 Å². The normalized spacial score (nSPS) is 23.3. The first-order valence-corrected chi connectivity index (χ1v) is 12.8. The summed E-state index contributed by atoms with van der Waals surface area (Å²) < 4.78 is 32.3. The lowest BCUT2D eigenvalue weighted by Crippen LogP contribution is -2.36. The van der Waals surface area contributed by atoms with E-state index in [1.165, 1.54) is 24.3 Å². The third-order valence-electron chi connectivity index (χ3n) is 4.40. The van der Waals surface area contributed by atoms with Crippen LogP contribution in [0.5, 0.6) is 0 Å². The zero-order chi connectivity index (χ0) is 19.5. The van der Waals surface area contributed by atoms with Crippen LogP contribution in [0.1, 0.15) is 39.0 Å². The number of amidine groups is 1. The maximum Gasteiger partial charge on any atom is 0.306 e. The molecule has 1 fully saturated rings. The second kappa shape index (κ2) is 8.63. The van der Waals surface area contributed by atoms with Gasteiger partial charge in [0.25, 0.3) is 10.0 Å². The van der Waals surface area contributed by atoms with Gasteiger partial charge in [-0.25, -0.2) is 13.4 Å². The fourth-order valence-corrected chi connectivity index (χ4v) is 7.60. The Morgan fingerprint density at radius 1 is 1.41 bits per heavy atom. The third kappa shape index (κ3) is 5.56. The quantitative estimate of drug-likeness (QED) is 0.380. The summed E-state index contributed by atoms with van der Waals surface area (Å²) in [4.78, 5) is 16.1. The molecule has 10 heteroatoms. The molecule has 27 heavy (non-hydrogen) atoms. The number of aliphatic imine (C=N–C) groups is 1. The van der Waals surface area contributed by atoms with Crippen molar-refractivity contribution in [2.24, 2.45) is 4.99 Å². The van der Waals surface area contributed by atoms with Gasteiger partial charge in [0.1, 0.15) is 11.5 Å². The molecule has 6 nitrogen and oxygen atoms in total. The van der Waals surface area contributed by atoms with Crippen LogP contribution in [-0.4, -0.2) is 37.3 Å². The highest BCUT2D eigenvalue weighted by atomic mass is 35.5. The number of carbonyl (C=O) groups is 1. The van der Waals surface area contributed by atoms with Gasteiger partial charge < -0.3 is 4.74 Å². The van der Waals surface area contributed by atoms with E-state index in [0.29, 0.717) is 16.2 Å². The lowest BCUT2D eigenvalue weighted by molar-refractivity contribution is -0.142. The number of unbranched alkanes of at least 4 members (excludes halogenated alkanes) is 1. The molecule has 0 aromatic heterocycles. The topological polar surface area (TPSA) is 84.8 Å². The van der Waals surface area contributed by atoms with Gasteiger partial charge >= 0.3 is 5.97 Å². The van der Waals surface area contributed by atoms with Crippen molar-refractivity contribution >= 4 is 60.7 Å². The summed E-state index contributed by atoms with van der Waals surface area (Å²) >= 11 is 5.84. The predicted octanol–water partition coefficient (Wildman–Crippen LogP) is 4.31. The van der Waals surface area contributed by atoms with E-state index in [4.69, 9.17) is 16.3 Å². The van der Waals surface area contributed by atoms with Crippen molar-refractivity contribution in [3.8, 4) is 0 Å². The van der Waals surface area contributed by atoms with Gasteiger partial charge in [0.2, 0.25) is 0 Å². The van der Waals surface area contributed by atoms with Gasteiger partial charge in [0.15, 0.2) is 5.84 Å². The number of esters is 1. The minimum absolute atomic E-state index is 0.0153. The van der Waals surface area contributed by atoms with Crippen molar-refractivity contribution in [1.82, 2.24) is 4.72 Å². The van der Waals surface area contributed by atoms with E-state index < -0.39 is 10.0 Å². The number of nitrogens with one attached hydrogen (secondary N) is 1. The van der Waals surface area contributed by atoms with Crippen molar-refractivity contribution in [1.29, 1.82) is 0 Å². The molecular formula is C17H21ClN2O4S3. The van der Waals surface area contributed by atoms with Crippen molar-refractivity contribution in [3.05, 3.63) is 23.2 Å². The minimum Gasteiger partial charge on any atom is -0.457 e. The number of halogens is 1. The largest absolute Gasteiger partial charge is 0.457 e. The second-order valence-electron chi connectivity index (χ2n) is 6.75. The molecular weight excluding hydrogens is 428 g/mol. The minimum atomic E-state index is -3.76. The fraction of sp³-hybridized carbons (Fsp3) is 0.529. The van der Waals surface area contributed by atoms with Gasteiger partial charge in [0, 0.05) is 21.9 Å². The molecule has 0 aliphatic carbocycles. The number of ether oxygens (including phenoxy) is 1. The maximum atomic E-state index is 12.3. The van der Waals surface area contributed by atoms with Gasteiger partial charge in [-0.2, -0.15) is 0 Å². The van der Waals surface area contributed by atoms with Crippen LogP contribution in [0.25, 0.3) is 0 Å². The molecule has 0 amide bonds. The van der Waals surface area contributed by atoms with Gasteiger partial charge in [0.05, 0.1) is 5.69 Å². The number of benzene rings is 1. The average Bonchev–Trinajstić information content (AvgIpc) is 3.04. The van der Waals surface area contributed by atoms with Crippen molar-refractivity contribution < 1.29 is 17.9 Å². The highest BCUT2D eigenvalue weighted by molar-refractivity contribution is 8.77. The van der Waals surface area contributed by atoms with Crippen LogP contribution in [0.3, 0.4) is 0 Å². The van der Waals surface area contributed by atoms with Crippen LogP contribution in [0.2, 0.25) is 5.02 Å². The van der Waals surface area contributed by atoms with E-state index in [1.54, 1.807) is 6.07 Å². The number of rotatable bonds is 7. The third-order valence-corrected chi connectivity index (χ3v) is 9.41. The zero-order valence-electron chi connectivity index (χ0n) is 14.9. The van der Waals surface area contributed by atoms with Crippen LogP contribution in [0, 0.1) is 0 Å². The predicted molar refractivity (Wildman–Crippen MR) is 111 cm³/mol. The number of fused-ring (bicyclic) bond motifs is 1. The molecule has 0 unspecified atom stereocenters. The molecule has 1 aromatic carbocycles. The molecule has 2 heterocycles. The van der Waals surface area contributed by atoms with E-state index in [-0.39, 0.29) is 29.0 Å². The van der Waals surface area contributed by atoms with Gasteiger partial charge in [-0.15, -0.1) is 0 Å². The lowest BCUT2D eigenvalue weighted by atomic mass is 9.99. The SMILES string of the molecule is C[C@@]1(CCCCC(=O)OCC2=Nc3ccc(Cl)cc3S(=O)(=O)N2)CCSS1. The van der Waals surface area contributed by atoms with E-state index in [1.807, 2.05) is 21.6 Å². The molecule has 3 rings (SSSR count). The summed E-state index contributed by atoms with van der Waals surface area (Å²) in [5.74, 6) is 0.929. The Balaban J connectivity index is 1.47. The summed E-state index contributed by atoms with van der Waals surface area (Å²) in [5, 5.41) is 0.313. The number of hydrogen-bond acceptors (Lipinski definition) is 7. The number of hydrogen-bond donors (Lipinski definition) is 1. The molecule has 0 radical (unpaired) electrons. The molecule has 1 aromatic rings. The highest BCUT2D eigenvalue weighted by Gasteiger charge is 2.30. The number of carbonyl (C=O) groups excluding carboxylic acids is 1. The van der Waals surface area contributed by atoms with Crippen LogP contribution >= 0.6 is 33.2 Å². The summed E-state index contributed by atoms with van der Waals surface area (Å²) in [6.45, 7) is 2.07. The Morgan fingerprint density at radius 2 is 2.22 bits per heavy atom. The smallest absolute Gasteiger partial charge is 0.306 e. The molecule has 2 aliphatic heterocycles. The van der Waals surface area contributed by atoms with Crippen LogP contribution in [0.15, 0.2) is 28.1 Å². The Labute approximate surface area is 172 Å². The Kier molecular flexibility index (Phi) is 6.66. The standard InChI is InChI=1S/C17H21ClN2O4S3/c1-17(8-9-25-26-17)7-3-2-4-16(21)24-11-15-19-13-6-5-12(18)10-14(13)27(22,23)20-15/h5-6,10H,2-4,7-9,11H2,1H3,(H,19,20)/t17-/m1/s1. The number of sulfonamides is 1. The first-order chi connectivity index (χ1) is 12.8. The first-order valence-electron chi connectivity index (χ1n) is 8.64. The molecule has 0 spiro atoms. The van der Waals surface area contributed by atoms with Gasteiger partial charge in [-0.1, -0.05) is 39.6 Å². The summed E-state index contributed by atoms with van der Waals surface area (Å²) in [7, 11) is 0.0928. The van der Waals surface area contributed by atoms with Crippen LogP contribution in [-0.2, 0) is 19.6 Å². The van der Waals surface area contributed by atoms with Crippen LogP contribution in [0.4, 0.5) is 5.69 Å². The maximum absolute atomic E-state index is 12.3. The number of nitrogens with zero attached hydrogens (tertiary/aromatic N) is 1. The Bertz CT molecular complexity index is 852. The summed E-state index contributed by atoms with van der Waals surface area (Å²) in [5.41, 5.74) is 0.282. The molecule has 1 N–H and O–H groups in total.